The van der Waals surface area contributed by atoms with Crippen LogP contribution < -0.4 is 11.2 Å². The first-order chi connectivity index (χ1) is 8.66. The van der Waals surface area contributed by atoms with Crippen LogP contribution in [-0.4, -0.2) is 14.1 Å². The lowest BCUT2D eigenvalue weighted by Crippen LogP contribution is -2.38. The predicted molar refractivity (Wildman–Crippen MR) is 75.7 cm³/mol. The summed E-state index contributed by atoms with van der Waals surface area (Å²) in [5.41, 5.74) is 1.39. The average molecular weight is 261 g/mol. The highest BCUT2D eigenvalue weighted by Gasteiger charge is 2.23. The Morgan fingerprint density at radius 2 is 1.68 bits per heavy atom. The molecular formula is C14H19N3O2. The van der Waals surface area contributed by atoms with Gasteiger partial charge in [-0.05, 0) is 12.5 Å². The molecule has 0 spiro atoms. The van der Waals surface area contributed by atoms with Crippen LogP contribution in [0.2, 0.25) is 0 Å². The molecule has 0 radical (unpaired) electrons. The van der Waals surface area contributed by atoms with Gasteiger partial charge in [-0.3, -0.25) is 18.9 Å². The summed E-state index contributed by atoms with van der Waals surface area (Å²) in [6.45, 7) is 7.89. The van der Waals surface area contributed by atoms with Crippen molar-refractivity contribution in [2.75, 3.05) is 0 Å². The van der Waals surface area contributed by atoms with Crippen LogP contribution in [0, 0.1) is 6.92 Å². The van der Waals surface area contributed by atoms with Crippen molar-refractivity contribution in [1.82, 2.24) is 14.1 Å². The number of aromatic nitrogens is 3. The van der Waals surface area contributed by atoms with Crippen LogP contribution in [0.1, 0.15) is 32.0 Å². The van der Waals surface area contributed by atoms with Gasteiger partial charge in [0.05, 0.1) is 16.6 Å². The lowest BCUT2D eigenvalue weighted by molar-refractivity contribution is 0.572. The van der Waals surface area contributed by atoms with E-state index >= 15 is 0 Å². The van der Waals surface area contributed by atoms with Gasteiger partial charge in [0.15, 0.2) is 0 Å². The van der Waals surface area contributed by atoms with E-state index in [2.05, 4.69) is 4.98 Å². The third-order valence-corrected chi connectivity index (χ3v) is 3.37. The Balaban J connectivity index is 3.21. The van der Waals surface area contributed by atoms with Crippen molar-refractivity contribution in [3.05, 3.63) is 38.3 Å². The Morgan fingerprint density at radius 3 is 2.21 bits per heavy atom. The smallest absolute Gasteiger partial charge is 0.296 e. The molecule has 2 aromatic rings. The number of nitrogens with zero attached hydrogens (tertiary/aromatic N) is 3. The number of pyridine rings is 1. The van der Waals surface area contributed by atoms with Crippen LogP contribution in [-0.2, 0) is 19.5 Å². The quantitative estimate of drug-likeness (QED) is 0.717. The highest BCUT2D eigenvalue weighted by Crippen LogP contribution is 2.26. The maximum Gasteiger partial charge on any atom is 0.330 e. The lowest BCUT2D eigenvalue weighted by atomic mass is 9.89. The molecule has 0 fully saturated rings. The Morgan fingerprint density at radius 1 is 1.11 bits per heavy atom. The second kappa shape index (κ2) is 4.05. The molecule has 0 unspecified atom stereocenters. The maximum atomic E-state index is 12.4. The summed E-state index contributed by atoms with van der Waals surface area (Å²) in [6.07, 6.45) is 1.72. The van der Waals surface area contributed by atoms with Gasteiger partial charge in [0.2, 0.25) is 0 Å². The summed E-state index contributed by atoms with van der Waals surface area (Å²) in [6, 6.07) is 0. The standard InChI is InChI=1S/C14H19N3O2/c1-8-7-15-11(14(2,3)4)9-10(8)16(5)13(19)17(6)12(9)18/h7H,1-6H3. The Labute approximate surface area is 111 Å². The van der Waals surface area contributed by atoms with Crippen LogP contribution in [0.5, 0.6) is 0 Å². The monoisotopic (exact) mass is 261 g/mol. The molecule has 5 nitrogen and oxygen atoms in total. The van der Waals surface area contributed by atoms with Crippen LogP contribution in [0.25, 0.3) is 10.9 Å². The van der Waals surface area contributed by atoms with Crippen LogP contribution in [0.4, 0.5) is 0 Å². The predicted octanol–water partition coefficient (Wildman–Crippen LogP) is 1.24. The molecular weight excluding hydrogens is 242 g/mol. The van der Waals surface area contributed by atoms with Gasteiger partial charge >= 0.3 is 5.69 Å². The molecule has 0 amide bonds. The summed E-state index contributed by atoms with van der Waals surface area (Å²) in [5.74, 6) is 0. The van der Waals surface area contributed by atoms with Gasteiger partial charge in [0.1, 0.15) is 0 Å². The molecule has 0 aromatic carbocycles. The first-order valence-electron chi connectivity index (χ1n) is 6.22. The molecule has 0 atom stereocenters. The topological polar surface area (TPSA) is 56.9 Å². The zero-order valence-electron chi connectivity index (χ0n) is 12.2. The highest BCUT2D eigenvalue weighted by atomic mass is 16.2. The fourth-order valence-electron chi connectivity index (χ4n) is 2.38. The molecule has 0 bridgehead atoms. The molecule has 19 heavy (non-hydrogen) atoms. The summed E-state index contributed by atoms with van der Waals surface area (Å²) in [7, 11) is 3.18. The van der Waals surface area contributed by atoms with Gasteiger partial charge in [-0.2, -0.15) is 0 Å². The molecule has 102 valence electrons. The molecule has 0 N–H and O–H groups in total. The van der Waals surface area contributed by atoms with Gasteiger partial charge in [0.25, 0.3) is 5.56 Å². The molecule has 0 aliphatic heterocycles. The summed E-state index contributed by atoms with van der Waals surface area (Å²) >= 11 is 0. The van der Waals surface area contributed by atoms with Crippen LogP contribution in [0.3, 0.4) is 0 Å². The maximum absolute atomic E-state index is 12.4. The second-order valence-corrected chi connectivity index (χ2v) is 5.97. The number of rotatable bonds is 0. The second-order valence-electron chi connectivity index (χ2n) is 5.97. The van der Waals surface area contributed by atoms with E-state index in [4.69, 9.17) is 0 Å². The minimum atomic E-state index is -0.313. The van der Waals surface area contributed by atoms with E-state index in [1.807, 2.05) is 27.7 Å². The lowest BCUT2D eigenvalue weighted by Gasteiger charge is -2.21. The van der Waals surface area contributed by atoms with Crippen molar-refractivity contribution in [3.63, 3.8) is 0 Å². The molecule has 0 aliphatic rings. The van der Waals surface area contributed by atoms with E-state index in [9.17, 15) is 9.59 Å². The van der Waals surface area contributed by atoms with E-state index in [1.54, 1.807) is 13.2 Å². The van der Waals surface area contributed by atoms with Crippen molar-refractivity contribution in [1.29, 1.82) is 0 Å². The number of aryl methyl sites for hydroxylation is 2. The third kappa shape index (κ3) is 1.89. The first kappa shape index (κ1) is 13.5. The fraction of sp³-hybridized carbons (Fsp3) is 0.500. The summed E-state index contributed by atoms with van der Waals surface area (Å²) < 4.78 is 2.65. The van der Waals surface area contributed by atoms with Crippen LogP contribution in [0.15, 0.2) is 15.8 Å². The molecule has 2 rings (SSSR count). The SMILES string of the molecule is Cc1cnc(C(C)(C)C)c2c(=O)n(C)c(=O)n(C)c12. The van der Waals surface area contributed by atoms with E-state index in [0.29, 0.717) is 10.9 Å². The Bertz CT molecular complexity index is 776. The Hall–Kier alpha value is -1.91. The minimum absolute atomic E-state index is 0.254. The molecule has 5 heteroatoms. The van der Waals surface area contributed by atoms with Crippen molar-refractivity contribution < 1.29 is 0 Å². The Kier molecular flexibility index (Phi) is 2.88. The molecule has 2 aromatic heterocycles. The third-order valence-electron chi connectivity index (χ3n) is 3.37. The largest absolute Gasteiger partial charge is 0.330 e. The van der Waals surface area contributed by atoms with E-state index < -0.39 is 0 Å². The fourth-order valence-corrected chi connectivity index (χ4v) is 2.38. The summed E-state index contributed by atoms with van der Waals surface area (Å²) in [5, 5.41) is 0.539. The molecule has 0 saturated heterocycles. The van der Waals surface area contributed by atoms with E-state index in [-0.39, 0.29) is 16.7 Å². The summed E-state index contributed by atoms with van der Waals surface area (Å²) in [4.78, 5) is 28.9. The molecule has 2 heterocycles. The number of fused-ring (bicyclic) bond motifs is 1. The highest BCUT2D eigenvalue weighted by molar-refractivity contribution is 5.84. The first-order valence-corrected chi connectivity index (χ1v) is 6.22. The van der Waals surface area contributed by atoms with Crippen molar-refractivity contribution in [3.8, 4) is 0 Å². The van der Waals surface area contributed by atoms with Crippen molar-refractivity contribution in [2.45, 2.75) is 33.1 Å². The minimum Gasteiger partial charge on any atom is -0.296 e. The normalized spacial score (nSPS) is 12.1. The van der Waals surface area contributed by atoms with Gasteiger partial charge < -0.3 is 0 Å². The van der Waals surface area contributed by atoms with Crippen molar-refractivity contribution >= 4 is 10.9 Å². The number of hydrogen-bond acceptors (Lipinski definition) is 3. The zero-order chi connectivity index (χ0) is 14.5. The van der Waals surface area contributed by atoms with Gasteiger partial charge in [0, 0.05) is 25.7 Å². The molecule has 0 aliphatic carbocycles. The number of hydrogen-bond donors (Lipinski definition) is 0. The van der Waals surface area contributed by atoms with Gasteiger partial charge in [-0.1, -0.05) is 20.8 Å². The average Bonchev–Trinajstić information content (AvgIpc) is 2.31. The van der Waals surface area contributed by atoms with Gasteiger partial charge in [-0.15, -0.1) is 0 Å². The van der Waals surface area contributed by atoms with Crippen molar-refractivity contribution in [2.24, 2.45) is 14.1 Å². The van der Waals surface area contributed by atoms with E-state index in [1.165, 1.54) is 11.6 Å². The molecule has 0 saturated carbocycles. The van der Waals surface area contributed by atoms with E-state index in [0.717, 1.165) is 15.8 Å². The van der Waals surface area contributed by atoms with Gasteiger partial charge in [-0.25, -0.2) is 4.79 Å². The van der Waals surface area contributed by atoms with Crippen LogP contribution >= 0.6 is 0 Å². The zero-order valence-corrected chi connectivity index (χ0v) is 12.2.